The van der Waals surface area contributed by atoms with E-state index in [0.29, 0.717) is 22.0 Å². The van der Waals surface area contributed by atoms with E-state index in [2.05, 4.69) is 4.99 Å². The van der Waals surface area contributed by atoms with Gasteiger partial charge in [0.2, 0.25) is 0 Å². The third kappa shape index (κ3) is 4.46. The molecule has 158 valence electrons. The number of benzene rings is 2. The third-order valence-electron chi connectivity index (χ3n) is 4.32. The molecule has 3 aromatic rings. The van der Waals surface area contributed by atoms with Crippen molar-refractivity contribution in [1.29, 1.82) is 0 Å². The van der Waals surface area contributed by atoms with E-state index < -0.39 is 11.9 Å². The first-order valence-electron chi connectivity index (χ1n) is 9.14. The largest absolute Gasteiger partial charge is 0.497 e. The van der Waals surface area contributed by atoms with Gasteiger partial charge in [-0.2, -0.15) is 4.99 Å². The summed E-state index contributed by atoms with van der Waals surface area (Å²) in [6.45, 7) is 1.94. The first-order chi connectivity index (χ1) is 14.5. The molecule has 0 N–H and O–H groups in total. The quantitative estimate of drug-likeness (QED) is 0.536. The smallest absolute Gasteiger partial charge is 0.326 e. The summed E-state index contributed by atoms with van der Waals surface area (Å²) in [6, 6.07) is 10.3. The van der Waals surface area contributed by atoms with Crippen LogP contribution in [0.25, 0.3) is 10.2 Å². The van der Waals surface area contributed by atoms with E-state index >= 15 is 0 Å². The maximum Gasteiger partial charge on any atom is 0.326 e. The highest BCUT2D eigenvalue weighted by Crippen LogP contribution is 2.26. The maximum absolute atomic E-state index is 12.9. The second-order valence-electron chi connectivity index (χ2n) is 6.09. The summed E-state index contributed by atoms with van der Waals surface area (Å²) in [5.41, 5.74) is 1.04. The fraction of sp³-hybridized carbons (Fsp3) is 0.286. The molecule has 0 saturated carbocycles. The summed E-state index contributed by atoms with van der Waals surface area (Å²) in [5, 5.41) is 0. The number of rotatable bonds is 7. The normalized spacial score (nSPS) is 11.4. The first-order valence-corrected chi connectivity index (χ1v) is 9.96. The van der Waals surface area contributed by atoms with Gasteiger partial charge in [-0.25, -0.2) is 0 Å². The Bertz CT molecular complexity index is 1150. The number of methoxy groups -OCH3 is 3. The number of amides is 1. The minimum atomic E-state index is -0.495. The summed E-state index contributed by atoms with van der Waals surface area (Å²) in [5.74, 6) is 0.675. The predicted molar refractivity (Wildman–Crippen MR) is 112 cm³/mol. The van der Waals surface area contributed by atoms with Gasteiger partial charge in [0.15, 0.2) is 4.80 Å². The van der Waals surface area contributed by atoms with E-state index in [9.17, 15) is 9.59 Å². The van der Waals surface area contributed by atoms with Gasteiger partial charge in [-0.05, 0) is 37.3 Å². The summed E-state index contributed by atoms with van der Waals surface area (Å²) >= 11 is 1.28. The first kappa shape index (κ1) is 21.4. The van der Waals surface area contributed by atoms with Crippen LogP contribution in [-0.2, 0) is 16.1 Å². The number of fused-ring (bicyclic) bond motifs is 1. The van der Waals surface area contributed by atoms with Crippen molar-refractivity contribution in [2.75, 3.05) is 27.9 Å². The molecule has 1 amide bonds. The molecule has 1 heterocycles. The molecule has 9 heteroatoms. The SMILES string of the molecule is CCOC(=O)Cn1c(=NC(=O)c2ccc(OC)cc2OC)sc2cc(OC)ccc21. The van der Waals surface area contributed by atoms with Gasteiger partial charge >= 0.3 is 5.97 Å². The van der Waals surface area contributed by atoms with Crippen molar-refractivity contribution in [3.05, 3.63) is 46.8 Å². The average molecular weight is 430 g/mol. The van der Waals surface area contributed by atoms with Crippen molar-refractivity contribution in [1.82, 2.24) is 4.57 Å². The molecule has 0 bridgehead atoms. The van der Waals surface area contributed by atoms with Gasteiger partial charge < -0.3 is 23.5 Å². The standard InChI is InChI=1S/C21H22N2O6S/c1-5-29-19(24)12-23-16-9-7-14(27-3)11-18(16)30-21(23)22-20(25)15-8-6-13(26-2)10-17(15)28-4/h6-11H,5,12H2,1-4H3. The Morgan fingerprint density at radius 3 is 2.37 bits per heavy atom. The number of thiazole rings is 1. The van der Waals surface area contributed by atoms with E-state index in [1.165, 1.54) is 25.6 Å². The Balaban J connectivity index is 2.12. The molecule has 0 spiro atoms. The Hall–Kier alpha value is -3.33. The molecule has 0 saturated heterocycles. The summed E-state index contributed by atoms with van der Waals surface area (Å²) in [6.07, 6.45) is 0. The molecule has 0 radical (unpaired) electrons. The van der Waals surface area contributed by atoms with Crippen molar-refractivity contribution < 1.29 is 28.5 Å². The van der Waals surface area contributed by atoms with Crippen LogP contribution in [0.4, 0.5) is 0 Å². The van der Waals surface area contributed by atoms with Gasteiger partial charge in [0, 0.05) is 6.07 Å². The minimum Gasteiger partial charge on any atom is -0.497 e. The van der Waals surface area contributed by atoms with Crippen LogP contribution in [0.3, 0.4) is 0 Å². The maximum atomic E-state index is 12.9. The molecular weight excluding hydrogens is 408 g/mol. The van der Waals surface area contributed by atoms with Gasteiger partial charge in [0.25, 0.3) is 5.91 Å². The molecule has 0 unspecified atom stereocenters. The average Bonchev–Trinajstić information content (AvgIpc) is 3.09. The summed E-state index contributed by atoms with van der Waals surface area (Å²) < 4.78 is 23.3. The molecular formula is C21H22N2O6S. The minimum absolute atomic E-state index is 0.0635. The summed E-state index contributed by atoms with van der Waals surface area (Å²) in [7, 11) is 4.58. The zero-order valence-electron chi connectivity index (χ0n) is 17.1. The molecule has 0 atom stereocenters. The zero-order valence-corrected chi connectivity index (χ0v) is 17.9. The van der Waals surface area contributed by atoms with Crippen LogP contribution in [0, 0.1) is 0 Å². The van der Waals surface area contributed by atoms with E-state index in [1.807, 2.05) is 12.1 Å². The van der Waals surface area contributed by atoms with Gasteiger partial charge in [-0.3, -0.25) is 9.59 Å². The monoisotopic (exact) mass is 430 g/mol. The van der Waals surface area contributed by atoms with Gasteiger partial charge in [-0.15, -0.1) is 0 Å². The highest BCUT2D eigenvalue weighted by molar-refractivity contribution is 7.16. The van der Waals surface area contributed by atoms with Crippen molar-refractivity contribution in [2.24, 2.45) is 4.99 Å². The molecule has 2 aromatic carbocycles. The number of nitrogens with zero attached hydrogens (tertiary/aromatic N) is 2. The van der Waals surface area contributed by atoms with Crippen LogP contribution in [-0.4, -0.2) is 44.4 Å². The van der Waals surface area contributed by atoms with Crippen molar-refractivity contribution in [3.8, 4) is 17.2 Å². The number of aromatic nitrogens is 1. The van der Waals surface area contributed by atoms with Crippen LogP contribution < -0.4 is 19.0 Å². The predicted octanol–water partition coefficient (Wildman–Crippen LogP) is 3.03. The number of carbonyl (C=O) groups is 2. The lowest BCUT2D eigenvalue weighted by atomic mass is 10.2. The second kappa shape index (κ2) is 9.45. The fourth-order valence-corrected chi connectivity index (χ4v) is 3.93. The van der Waals surface area contributed by atoms with Gasteiger partial charge in [-0.1, -0.05) is 11.3 Å². The number of hydrogen-bond acceptors (Lipinski definition) is 7. The topological polar surface area (TPSA) is 88.4 Å². The Morgan fingerprint density at radius 1 is 1.00 bits per heavy atom. The fourth-order valence-electron chi connectivity index (χ4n) is 2.88. The van der Waals surface area contributed by atoms with Crippen LogP contribution >= 0.6 is 11.3 Å². The Kier molecular flexibility index (Phi) is 6.73. The molecule has 30 heavy (non-hydrogen) atoms. The van der Waals surface area contributed by atoms with E-state index in [0.717, 1.165) is 10.2 Å². The highest BCUT2D eigenvalue weighted by Gasteiger charge is 2.16. The van der Waals surface area contributed by atoms with Crippen molar-refractivity contribution >= 4 is 33.4 Å². The highest BCUT2D eigenvalue weighted by atomic mass is 32.1. The number of carbonyl (C=O) groups excluding carboxylic acids is 2. The lowest BCUT2D eigenvalue weighted by molar-refractivity contribution is -0.143. The lowest BCUT2D eigenvalue weighted by Gasteiger charge is -2.08. The molecule has 3 rings (SSSR count). The van der Waals surface area contributed by atoms with Crippen molar-refractivity contribution in [2.45, 2.75) is 13.5 Å². The van der Waals surface area contributed by atoms with Crippen LogP contribution in [0.15, 0.2) is 41.4 Å². The number of esters is 1. The van der Waals surface area contributed by atoms with Crippen LogP contribution in [0.2, 0.25) is 0 Å². The van der Waals surface area contributed by atoms with Crippen molar-refractivity contribution in [3.63, 3.8) is 0 Å². The molecule has 1 aromatic heterocycles. The van der Waals surface area contributed by atoms with E-state index in [4.69, 9.17) is 18.9 Å². The Labute approximate surface area is 177 Å². The molecule has 0 fully saturated rings. The van der Waals surface area contributed by atoms with E-state index in [1.54, 1.807) is 42.9 Å². The molecule has 0 aliphatic heterocycles. The van der Waals surface area contributed by atoms with Gasteiger partial charge in [0.05, 0.1) is 43.7 Å². The van der Waals surface area contributed by atoms with E-state index in [-0.39, 0.29) is 18.7 Å². The third-order valence-corrected chi connectivity index (χ3v) is 5.36. The molecule has 0 aliphatic carbocycles. The Morgan fingerprint density at radius 2 is 1.70 bits per heavy atom. The molecule has 0 aliphatic rings. The van der Waals surface area contributed by atoms with Crippen LogP contribution in [0.1, 0.15) is 17.3 Å². The summed E-state index contributed by atoms with van der Waals surface area (Å²) in [4.78, 5) is 29.7. The number of ether oxygens (including phenoxy) is 4. The second-order valence-corrected chi connectivity index (χ2v) is 7.10. The van der Waals surface area contributed by atoms with Gasteiger partial charge in [0.1, 0.15) is 23.8 Å². The van der Waals surface area contributed by atoms with Crippen LogP contribution in [0.5, 0.6) is 17.2 Å². The lowest BCUT2D eigenvalue weighted by Crippen LogP contribution is -2.23. The zero-order chi connectivity index (χ0) is 21.7. The number of hydrogen-bond donors (Lipinski definition) is 0. The molecule has 8 nitrogen and oxygen atoms in total.